The molecule has 1 aromatic heterocycles. The summed E-state index contributed by atoms with van der Waals surface area (Å²) in [5.41, 5.74) is 4.58. The molecule has 2 amide bonds. The van der Waals surface area contributed by atoms with Gasteiger partial charge in [-0.1, -0.05) is 0 Å². The number of anilines is 2. The predicted molar refractivity (Wildman–Crippen MR) is 102 cm³/mol. The Hall–Kier alpha value is -3.02. The highest BCUT2D eigenvalue weighted by atomic mass is 19.1. The maximum Gasteiger partial charge on any atom is 0.251 e. The molecule has 3 unspecified atom stereocenters. The van der Waals surface area contributed by atoms with Crippen molar-refractivity contribution in [1.82, 2.24) is 25.8 Å². The molecule has 4 rings (SSSR count). The summed E-state index contributed by atoms with van der Waals surface area (Å²) in [6, 6.07) is 7.72. The molecule has 2 aromatic rings. The molecule has 0 bridgehead atoms. The maximum absolute atomic E-state index is 13.3. The Morgan fingerprint density at radius 3 is 2.86 bits per heavy atom. The monoisotopic (exact) mass is 403 g/mol. The first-order valence-electron chi connectivity index (χ1n) is 9.16. The topological polar surface area (TPSA) is 113 Å². The number of nitrogens with zero attached hydrogens (tertiary/aromatic N) is 3. The SMILES string of the molecule is COCC(=O)Nc1cc(C)nn1C1NC(=O)C2CNN(c3ccc(F)cc3)C2N1. The molecule has 0 saturated carbocycles. The van der Waals surface area contributed by atoms with E-state index in [1.165, 1.54) is 23.9 Å². The normalized spacial score (nSPS) is 23.6. The molecule has 3 atom stereocenters. The number of carbonyl (C=O) groups excluding carboxylic acids is 2. The molecule has 29 heavy (non-hydrogen) atoms. The van der Waals surface area contributed by atoms with Crippen LogP contribution in [0.15, 0.2) is 30.3 Å². The van der Waals surface area contributed by atoms with Gasteiger partial charge in [0, 0.05) is 19.7 Å². The van der Waals surface area contributed by atoms with E-state index in [0.29, 0.717) is 18.1 Å². The van der Waals surface area contributed by atoms with E-state index in [9.17, 15) is 14.0 Å². The molecule has 154 valence electrons. The van der Waals surface area contributed by atoms with E-state index < -0.39 is 6.29 Å². The minimum atomic E-state index is -0.682. The predicted octanol–water partition coefficient (Wildman–Crippen LogP) is 0.0581. The zero-order valence-corrected chi connectivity index (χ0v) is 16.0. The Morgan fingerprint density at radius 2 is 2.14 bits per heavy atom. The van der Waals surface area contributed by atoms with Crippen LogP contribution in [-0.2, 0) is 14.3 Å². The number of fused-ring (bicyclic) bond motifs is 1. The van der Waals surface area contributed by atoms with Crippen LogP contribution < -0.4 is 26.4 Å². The number of ether oxygens (including phenoxy) is 1. The fourth-order valence-corrected chi connectivity index (χ4v) is 3.56. The second-order valence-electron chi connectivity index (χ2n) is 6.93. The Morgan fingerprint density at radius 1 is 1.38 bits per heavy atom. The van der Waals surface area contributed by atoms with Gasteiger partial charge in [0.15, 0.2) is 6.29 Å². The van der Waals surface area contributed by atoms with Crippen LogP contribution >= 0.6 is 0 Å². The van der Waals surface area contributed by atoms with Gasteiger partial charge in [0.05, 0.1) is 17.3 Å². The summed E-state index contributed by atoms with van der Waals surface area (Å²) in [6.45, 7) is 2.13. The van der Waals surface area contributed by atoms with Crippen molar-refractivity contribution >= 4 is 23.3 Å². The Labute approximate surface area is 166 Å². The van der Waals surface area contributed by atoms with Gasteiger partial charge >= 0.3 is 0 Å². The van der Waals surface area contributed by atoms with Crippen LogP contribution in [0, 0.1) is 18.7 Å². The summed E-state index contributed by atoms with van der Waals surface area (Å²) in [4.78, 5) is 24.6. The Kier molecular flexibility index (Phi) is 5.18. The van der Waals surface area contributed by atoms with E-state index in [1.54, 1.807) is 30.1 Å². The van der Waals surface area contributed by atoms with Crippen LogP contribution in [0.2, 0.25) is 0 Å². The number of halogens is 1. The van der Waals surface area contributed by atoms with Crippen LogP contribution in [0.4, 0.5) is 15.9 Å². The molecule has 10 nitrogen and oxygen atoms in total. The molecule has 2 saturated heterocycles. The molecule has 2 aliphatic heterocycles. The highest BCUT2D eigenvalue weighted by Crippen LogP contribution is 2.28. The Bertz CT molecular complexity index is 917. The van der Waals surface area contributed by atoms with Crippen LogP contribution in [-0.4, -0.2) is 48.0 Å². The largest absolute Gasteiger partial charge is 0.375 e. The third kappa shape index (κ3) is 3.79. The van der Waals surface area contributed by atoms with Crippen molar-refractivity contribution in [3.05, 3.63) is 41.8 Å². The molecule has 2 fully saturated rings. The summed E-state index contributed by atoms with van der Waals surface area (Å²) in [7, 11) is 1.43. The number of amides is 2. The van der Waals surface area contributed by atoms with E-state index in [0.717, 1.165) is 5.69 Å². The zero-order valence-electron chi connectivity index (χ0n) is 16.0. The van der Waals surface area contributed by atoms with E-state index in [1.807, 2.05) is 0 Å². The fraction of sp³-hybridized carbons (Fsp3) is 0.389. The number of aryl methyl sites for hydroxylation is 1. The van der Waals surface area contributed by atoms with Crippen molar-refractivity contribution in [2.45, 2.75) is 19.4 Å². The molecule has 0 aliphatic carbocycles. The molecule has 4 N–H and O–H groups in total. The lowest BCUT2D eigenvalue weighted by molar-refractivity contribution is -0.129. The lowest BCUT2D eigenvalue weighted by Crippen LogP contribution is -2.61. The van der Waals surface area contributed by atoms with Gasteiger partial charge in [-0.25, -0.2) is 14.5 Å². The van der Waals surface area contributed by atoms with Crippen molar-refractivity contribution in [1.29, 1.82) is 0 Å². The second kappa shape index (κ2) is 7.78. The molecular formula is C18H22FN7O3. The third-order valence-corrected chi connectivity index (χ3v) is 4.84. The number of benzene rings is 1. The highest BCUT2D eigenvalue weighted by Gasteiger charge is 2.45. The van der Waals surface area contributed by atoms with E-state index in [-0.39, 0.29) is 36.3 Å². The number of hydrogen-bond acceptors (Lipinski definition) is 7. The zero-order chi connectivity index (χ0) is 20.5. The lowest BCUT2D eigenvalue weighted by Gasteiger charge is -2.37. The quantitative estimate of drug-likeness (QED) is 0.558. The number of aromatic nitrogens is 2. The summed E-state index contributed by atoms with van der Waals surface area (Å²) >= 11 is 0. The van der Waals surface area contributed by atoms with Crippen LogP contribution in [0.1, 0.15) is 12.0 Å². The van der Waals surface area contributed by atoms with Crippen LogP contribution in [0.3, 0.4) is 0 Å². The summed E-state index contributed by atoms with van der Waals surface area (Å²) in [5.74, 6) is -0.734. The first kappa shape index (κ1) is 19.3. The van der Waals surface area contributed by atoms with Gasteiger partial charge in [0.25, 0.3) is 5.91 Å². The van der Waals surface area contributed by atoms with Gasteiger partial charge in [0.1, 0.15) is 24.4 Å². The minimum absolute atomic E-state index is 0.0956. The van der Waals surface area contributed by atoms with E-state index >= 15 is 0 Å². The molecule has 0 spiro atoms. The van der Waals surface area contributed by atoms with Crippen molar-refractivity contribution in [3.8, 4) is 0 Å². The number of rotatable bonds is 5. The summed E-state index contributed by atoms with van der Waals surface area (Å²) < 4.78 is 19.6. The van der Waals surface area contributed by atoms with Crippen molar-refractivity contribution in [2.75, 3.05) is 30.6 Å². The average Bonchev–Trinajstić information content (AvgIpc) is 3.26. The number of hydrogen-bond donors (Lipinski definition) is 4. The molecule has 3 heterocycles. The van der Waals surface area contributed by atoms with Gasteiger partial charge in [0.2, 0.25) is 5.91 Å². The van der Waals surface area contributed by atoms with Gasteiger partial charge in [-0.15, -0.1) is 0 Å². The number of carbonyl (C=O) groups is 2. The van der Waals surface area contributed by atoms with Crippen molar-refractivity contribution < 1.29 is 18.7 Å². The molecule has 2 aliphatic rings. The second-order valence-corrected chi connectivity index (χ2v) is 6.93. The summed E-state index contributed by atoms with van der Waals surface area (Å²) in [6.07, 6.45) is -1.07. The maximum atomic E-state index is 13.3. The number of hydrazine groups is 1. The highest BCUT2D eigenvalue weighted by molar-refractivity contribution is 5.91. The van der Waals surface area contributed by atoms with Gasteiger partial charge in [-0.3, -0.25) is 19.9 Å². The third-order valence-electron chi connectivity index (χ3n) is 4.84. The van der Waals surface area contributed by atoms with Crippen LogP contribution in [0.5, 0.6) is 0 Å². The van der Waals surface area contributed by atoms with Crippen molar-refractivity contribution in [3.63, 3.8) is 0 Å². The molecule has 1 aromatic carbocycles. The van der Waals surface area contributed by atoms with Gasteiger partial charge < -0.3 is 15.4 Å². The smallest absolute Gasteiger partial charge is 0.251 e. The molecule has 11 heteroatoms. The number of methoxy groups -OCH3 is 1. The average molecular weight is 403 g/mol. The fourth-order valence-electron chi connectivity index (χ4n) is 3.56. The molecule has 0 radical (unpaired) electrons. The van der Waals surface area contributed by atoms with E-state index in [2.05, 4.69) is 26.5 Å². The Balaban J connectivity index is 1.58. The standard InChI is InChI=1S/C18H22FN7O3/c1-10-7-14(21-15(27)9-29-2)26(24-10)18-22-16-13(17(28)23-18)8-20-25(16)12-5-3-11(19)4-6-12/h3-7,13,16,18,20,22H,8-9H2,1-2H3,(H,21,27)(H,23,28). The van der Waals surface area contributed by atoms with Gasteiger partial charge in [-0.2, -0.15) is 5.10 Å². The van der Waals surface area contributed by atoms with E-state index in [4.69, 9.17) is 4.74 Å². The minimum Gasteiger partial charge on any atom is -0.375 e. The van der Waals surface area contributed by atoms with Crippen LogP contribution in [0.25, 0.3) is 0 Å². The number of nitrogens with one attached hydrogen (secondary N) is 4. The first-order valence-corrected chi connectivity index (χ1v) is 9.16. The molecular weight excluding hydrogens is 381 g/mol. The first-order chi connectivity index (χ1) is 14.0. The summed E-state index contributed by atoms with van der Waals surface area (Å²) in [5, 5.41) is 15.2. The van der Waals surface area contributed by atoms with Crippen molar-refractivity contribution in [2.24, 2.45) is 5.92 Å². The lowest BCUT2D eigenvalue weighted by atomic mass is 10.0. The van der Waals surface area contributed by atoms with Gasteiger partial charge in [-0.05, 0) is 31.2 Å².